The van der Waals surface area contributed by atoms with Crippen LogP contribution in [0.4, 0.5) is 20.3 Å². The monoisotopic (exact) mass is 504 g/mol. The molecule has 1 unspecified atom stereocenters. The van der Waals surface area contributed by atoms with E-state index in [1.165, 1.54) is 6.20 Å². The summed E-state index contributed by atoms with van der Waals surface area (Å²) in [5, 5.41) is 7.86. The van der Waals surface area contributed by atoms with Crippen LogP contribution >= 0.6 is 0 Å². The summed E-state index contributed by atoms with van der Waals surface area (Å²) in [5.41, 5.74) is 6.80. The van der Waals surface area contributed by atoms with Crippen molar-refractivity contribution >= 4 is 34.2 Å². The predicted molar refractivity (Wildman–Crippen MR) is 130 cm³/mol. The van der Waals surface area contributed by atoms with Crippen molar-refractivity contribution < 1.29 is 23.1 Å². The zero-order valence-electron chi connectivity index (χ0n) is 20.6. The van der Waals surface area contributed by atoms with Gasteiger partial charge in [0.25, 0.3) is 0 Å². The quantitative estimate of drug-likeness (QED) is 0.608. The van der Waals surface area contributed by atoms with Crippen molar-refractivity contribution in [1.82, 2.24) is 19.7 Å². The van der Waals surface area contributed by atoms with Crippen LogP contribution in [0.3, 0.4) is 0 Å². The van der Waals surface area contributed by atoms with Crippen LogP contribution in [-0.4, -0.2) is 56.6 Å². The lowest BCUT2D eigenvalue weighted by Gasteiger charge is -2.44. The van der Waals surface area contributed by atoms with Gasteiger partial charge in [-0.05, 0) is 56.8 Å². The molecule has 2 aromatic rings. The number of alkyl halides is 2. The molecular weight excluding hydrogens is 470 g/mol. The van der Waals surface area contributed by atoms with Crippen LogP contribution in [0, 0.1) is 11.8 Å². The highest BCUT2D eigenvalue weighted by atomic mass is 19.3. The Kier molecular flexibility index (Phi) is 6.84. The number of anilines is 2. The molecule has 4 heterocycles. The van der Waals surface area contributed by atoms with Crippen LogP contribution < -0.4 is 11.1 Å². The molecule has 1 saturated carbocycles. The first-order valence-electron chi connectivity index (χ1n) is 13.0. The van der Waals surface area contributed by atoms with Crippen molar-refractivity contribution in [3.63, 3.8) is 0 Å². The number of nitrogens with two attached hydrogens (primary N) is 1. The van der Waals surface area contributed by atoms with Crippen molar-refractivity contribution in [1.29, 1.82) is 0 Å². The molecule has 36 heavy (non-hydrogen) atoms. The van der Waals surface area contributed by atoms with E-state index in [9.17, 15) is 18.4 Å². The smallest absolute Gasteiger partial charge is 0.314 e. The van der Waals surface area contributed by atoms with Crippen molar-refractivity contribution in [3.05, 3.63) is 12.4 Å². The normalized spacial score (nSPS) is 27.2. The second kappa shape index (κ2) is 9.91. The van der Waals surface area contributed by atoms with Crippen LogP contribution in [0.1, 0.15) is 70.9 Å². The Morgan fingerprint density at radius 3 is 2.67 bits per heavy atom. The van der Waals surface area contributed by atoms with E-state index in [4.69, 9.17) is 10.5 Å². The van der Waals surface area contributed by atoms with Gasteiger partial charge in [0, 0.05) is 38.2 Å². The minimum Gasteiger partial charge on any atom is -0.383 e. The maximum Gasteiger partial charge on any atom is 0.314 e. The number of likely N-dealkylation sites (tertiary alicyclic amines) is 1. The highest BCUT2D eigenvalue weighted by molar-refractivity contribution is 6.40. The van der Waals surface area contributed by atoms with E-state index in [2.05, 4.69) is 15.4 Å². The molecule has 3 atom stereocenters. The lowest BCUT2D eigenvalue weighted by Crippen LogP contribution is -2.53. The topological polar surface area (TPSA) is 115 Å². The van der Waals surface area contributed by atoms with Gasteiger partial charge in [-0.1, -0.05) is 6.92 Å². The number of amides is 2. The van der Waals surface area contributed by atoms with E-state index in [0.717, 1.165) is 32.1 Å². The third-order valence-corrected chi connectivity index (χ3v) is 7.92. The minimum absolute atomic E-state index is 0.0232. The van der Waals surface area contributed by atoms with Gasteiger partial charge in [0.15, 0.2) is 0 Å². The number of carbonyl (C=O) groups excluding carboxylic acids is 2. The number of halogens is 2. The molecule has 0 bridgehead atoms. The molecule has 0 spiro atoms. The molecule has 2 saturated heterocycles. The van der Waals surface area contributed by atoms with Crippen LogP contribution in [-0.2, 0) is 14.3 Å². The van der Waals surface area contributed by atoms with Gasteiger partial charge in [0.1, 0.15) is 17.6 Å². The molecule has 196 valence electrons. The second-order valence-corrected chi connectivity index (χ2v) is 10.6. The van der Waals surface area contributed by atoms with Gasteiger partial charge in [0.05, 0.1) is 17.3 Å². The first-order valence-corrected chi connectivity index (χ1v) is 13.0. The Hall–Kier alpha value is -2.82. The SMILES string of the molecule is C[C@H]1CC[C@H](C2CCC(F)(F)CC2)N(C(=O)C(=O)Nc2cnc(N)c3cn(C4CCCCO4)nc23)C1. The molecule has 2 amide bonds. The molecule has 2 aliphatic heterocycles. The van der Waals surface area contributed by atoms with E-state index in [1.54, 1.807) is 15.8 Å². The van der Waals surface area contributed by atoms with Crippen molar-refractivity contribution in [2.24, 2.45) is 11.8 Å². The summed E-state index contributed by atoms with van der Waals surface area (Å²) in [5.74, 6) is -3.58. The maximum atomic E-state index is 13.7. The summed E-state index contributed by atoms with van der Waals surface area (Å²) < 4.78 is 35.0. The number of nitrogen functional groups attached to an aromatic ring is 1. The first-order chi connectivity index (χ1) is 17.2. The molecule has 1 aliphatic carbocycles. The largest absolute Gasteiger partial charge is 0.383 e. The van der Waals surface area contributed by atoms with Crippen LogP contribution in [0.2, 0.25) is 0 Å². The highest BCUT2D eigenvalue weighted by Gasteiger charge is 2.42. The van der Waals surface area contributed by atoms with E-state index in [-0.39, 0.29) is 42.8 Å². The Morgan fingerprint density at radius 1 is 1.17 bits per heavy atom. The van der Waals surface area contributed by atoms with Crippen LogP contribution in [0.15, 0.2) is 12.4 Å². The molecule has 0 aromatic carbocycles. The number of aromatic nitrogens is 3. The fourth-order valence-corrected chi connectivity index (χ4v) is 5.86. The number of pyridine rings is 1. The van der Waals surface area contributed by atoms with Gasteiger partial charge in [-0.15, -0.1) is 0 Å². The number of nitrogens with one attached hydrogen (secondary N) is 1. The summed E-state index contributed by atoms with van der Waals surface area (Å²) in [4.78, 5) is 32.3. The van der Waals surface area contributed by atoms with E-state index in [1.807, 2.05) is 6.92 Å². The van der Waals surface area contributed by atoms with E-state index < -0.39 is 17.7 Å². The van der Waals surface area contributed by atoms with Gasteiger partial charge in [-0.3, -0.25) is 9.59 Å². The highest BCUT2D eigenvalue weighted by Crippen LogP contribution is 2.41. The van der Waals surface area contributed by atoms with Gasteiger partial charge in [0.2, 0.25) is 5.92 Å². The third kappa shape index (κ3) is 5.02. The second-order valence-electron chi connectivity index (χ2n) is 10.6. The van der Waals surface area contributed by atoms with Crippen molar-refractivity contribution in [3.8, 4) is 0 Å². The van der Waals surface area contributed by atoms with Gasteiger partial charge in [-0.25, -0.2) is 18.4 Å². The maximum absolute atomic E-state index is 13.7. The van der Waals surface area contributed by atoms with Crippen molar-refractivity contribution in [2.45, 2.75) is 82.9 Å². The molecule has 3 fully saturated rings. The van der Waals surface area contributed by atoms with Crippen molar-refractivity contribution in [2.75, 3.05) is 24.2 Å². The average Bonchev–Trinajstić information content (AvgIpc) is 3.33. The number of hydrogen-bond acceptors (Lipinski definition) is 6. The number of carbonyl (C=O) groups is 2. The standard InChI is InChI=1S/C25H34F2N6O3/c1-15-5-6-19(16-7-9-25(26,27)10-8-16)32(13-15)24(35)23(34)30-18-12-29-22(28)17-14-33(31-21(17)18)20-4-2-3-11-36-20/h12,14-16,19-20H,2-11,13H2,1H3,(H2,28,29)(H,30,34)/t15-,19+,20?/m0/s1. The fraction of sp³-hybridized carbons (Fsp3) is 0.680. The summed E-state index contributed by atoms with van der Waals surface area (Å²) in [6.07, 6.45) is 7.82. The molecule has 3 N–H and O–H groups in total. The van der Waals surface area contributed by atoms with Crippen LogP contribution in [0.5, 0.6) is 0 Å². The van der Waals surface area contributed by atoms with Gasteiger partial charge >= 0.3 is 11.8 Å². The number of piperidine rings is 1. The van der Waals surface area contributed by atoms with Gasteiger partial charge in [-0.2, -0.15) is 5.10 Å². The fourth-order valence-electron chi connectivity index (χ4n) is 5.86. The Balaban J connectivity index is 1.34. The lowest BCUT2D eigenvalue weighted by molar-refractivity contribution is -0.148. The number of hydrogen-bond donors (Lipinski definition) is 2. The van der Waals surface area contributed by atoms with Gasteiger partial charge < -0.3 is 20.7 Å². The zero-order valence-corrected chi connectivity index (χ0v) is 20.6. The Labute approximate surface area is 208 Å². The Bertz CT molecular complexity index is 1120. The van der Waals surface area contributed by atoms with E-state index >= 15 is 0 Å². The number of fused-ring (bicyclic) bond motifs is 1. The predicted octanol–water partition coefficient (Wildman–Crippen LogP) is 4.10. The molecule has 0 radical (unpaired) electrons. The number of nitrogens with zero attached hydrogens (tertiary/aromatic N) is 4. The number of ether oxygens (including phenoxy) is 1. The van der Waals surface area contributed by atoms with E-state index in [0.29, 0.717) is 42.6 Å². The first kappa shape index (κ1) is 24.9. The lowest BCUT2D eigenvalue weighted by atomic mass is 9.77. The molecule has 9 nitrogen and oxygen atoms in total. The van der Waals surface area contributed by atoms with Crippen LogP contribution in [0.25, 0.3) is 10.9 Å². The zero-order chi connectivity index (χ0) is 25.4. The molecule has 2 aromatic heterocycles. The number of rotatable bonds is 3. The minimum atomic E-state index is -2.63. The summed E-state index contributed by atoms with van der Waals surface area (Å²) in [6, 6.07) is -0.206. The summed E-state index contributed by atoms with van der Waals surface area (Å²) in [7, 11) is 0. The molecule has 3 aliphatic rings. The molecular formula is C25H34F2N6O3. The molecule has 5 rings (SSSR count). The third-order valence-electron chi connectivity index (χ3n) is 7.92. The summed E-state index contributed by atoms with van der Waals surface area (Å²) >= 11 is 0. The Morgan fingerprint density at radius 2 is 1.94 bits per heavy atom. The summed E-state index contributed by atoms with van der Waals surface area (Å²) in [6.45, 7) is 3.13. The molecule has 11 heteroatoms. The average molecular weight is 505 g/mol.